The third-order valence-corrected chi connectivity index (χ3v) is 2.88. The highest BCUT2D eigenvalue weighted by Crippen LogP contribution is 2.38. The van der Waals surface area contributed by atoms with Crippen molar-refractivity contribution >= 4 is 11.4 Å². The standard InChI is InChI=1S/C14H11N3O3/c1-20-14-5-3-2-4-10(14)11-6-9(8-15)12(16)7-13(11)17(18)19/h2-7H,16H2,1H3. The van der Waals surface area contributed by atoms with Crippen molar-refractivity contribution in [2.24, 2.45) is 0 Å². The number of hydrogen-bond acceptors (Lipinski definition) is 5. The van der Waals surface area contributed by atoms with Crippen LogP contribution in [0.4, 0.5) is 11.4 Å². The van der Waals surface area contributed by atoms with Gasteiger partial charge in [-0.15, -0.1) is 0 Å². The van der Waals surface area contributed by atoms with Gasteiger partial charge in [-0.3, -0.25) is 10.1 Å². The van der Waals surface area contributed by atoms with Crippen LogP contribution < -0.4 is 10.5 Å². The van der Waals surface area contributed by atoms with Gasteiger partial charge in [0, 0.05) is 11.6 Å². The van der Waals surface area contributed by atoms with Crippen LogP contribution in [0, 0.1) is 21.4 Å². The first-order valence-electron chi connectivity index (χ1n) is 5.70. The van der Waals surface area contributed by atoms with Crippen LogP contribution in [0.3, 0.4) is 0 Å². The number of nitrogens with two attached hydrogens (primary N) is 1. The van der Waals surface area contributed by atoms with Crippen LogP contribution in [0.15, 0.2) is 36.4 Å². The van der Waals surface area contributed by atoms with Crippen LogP contribution in [-0.2, 0) is 0 Å². The lowest BCUT2D eigenvalue weighted by Crippen LogP contribution is -1.98. The predicted molar refractivity (Wildman–Crippen MR) is 74.2 cm³/mol. The maximum atomic E-state index is 11.2. The van der Waals surface area contributed by atoms with Gasteiger partial charge in [-0.25, -0.2) is 0 Å². The Morgan fingerprint density at radius 1 is 1.30 bits per heavy atom. The largest absolute Gasteiger partial charge is 0.496 e. The monoisotopic (exact) mass is 269 g/mol. The number of nitrogen functional groups attached to an aromatic ring is 1. The number of hydrogen-bond donors (Lipinski definition) is 1. The summed E-state index contributed by atoms with van der Waals surface area (Å²) in [4.78, 5) is 10.6. The first-order valence-corrected chi connectivity index (χ1v) is 5.70. The number of rotatable bonds is 3. The molecular weight excluding hydrogens is 258 g/mol. The molecule has 100 valence electrons. The molecule has 0 fully saturated rings. The molecule has 0 spiro atoms. The minimum atomic E-state index is -0.528. The summed E-state index contributed by atoms with van der Waals surface area (Å²) in [7, 11) is 1.48. The van der Waals surface area contributed by atoms with Gasteiger partial charge in [-0.05, 0) is 12.1 Å². The molecule has 0 saturated carbocycles. The molecular formula is C14H11N3O3. The first kappa shape index (κ1) is 13.4. The fraction of sp³-hybridized carbons (Fsp3) is 0.0714. The Morgan fingerprint density at radius 3 is 2.60 bits per heavy atom. The van der Waals surface area contributed by atoms with Crippen molar-refractivity contribution in [2.75, 3.05) is 12.8 Å². The Morgan fingerprint density at radius 2 is 2.00 bits per heavy atom. The maximum absolute atomic E-state index is 11.2. The van der Waals surface area contributed by atoms with E-state index in [0.29, 0.717) is 16.9 Å². The van der Waals surface area contributed by atoms with Gasteiger partial charge in [0.05, 0.1) is 28.8 Å². The molecule has 2 aromatic carbocycles. The smallest absolute Gasteiger partial charge is 0.279 e. The average molecular weight is 269 g/mol. The molecule has 0 radical (unpaired) electrons. The van der Waals surface area contributed by atoms with Crippen molar-refractivity contribution in [2.45, 2.75) is 0 Å². The minimum absolute atomic E-state index is 0.0813. The van der Waals surface area contributed by atoms with Crippen molar-refractivity contribution in [3.8, 4) is 22.9 Å². The SMILES string of the molecule is COc1ccccc1-c1cc(C#N)c(N)cc1[N+](=O)[O-]. The molecule has 0 unspecified atom stereocenters. The number of nitro benzene ring substituents is 1. The van der Waals surface area contributed by atoms with E-state index in [2.05, 4.69) is 0 Å². The molecule has 0 heterocycles. The van der Waals surface area contributed by atoms with Crippen LogP contribution in [0.5, 0.6) is 5.75 Å². The number of anilines is 1. The second-order valence-electron chi connectivity index (χ2n) is 4.03. The van der Waals surface area contributed by atoms with Crippen molar-refractivity contribution < 1.29 is 9.66 Å². The van der Waals surface area contributed by atoms with Crippen LogP contribution in [0.1, 0.15) is 5.56 Å². The quantitative estimate of drug-likeness (QED) is 0.524. The van der Waals surface area contributed by atoms with Crippen molar-refractivity contribution in [1.29, 1.82) is 5.26 Å². The lowest BCUT2D eigenvalue weighted by Gasteiger charge is -2.10. The van der Waals surface area contributed by atoms with Gasteiger partial charge in [-0.1, -0.05) is 18.2 Å². The molecule has 2 aromatic rings. The molecule has 0 amide bonds. The van der Waals surface area contributed by atoms with E-state index in [0.717, 1.165) is 0 Å². The summed E-state index contributed by atoms with van der Waals surface area (Å²) in [6.45, 7) is 0. The molecule has 0 aliphatic heterocycles. The number of nitrogens with zero attached hydrogens (tertiary/aromatic N) is 2. The highest BCUT2D eigenvalue weighted by Gasteiger charge is 2.20. The van der Waals surface area contributed by atoms with Gasteiger partial charge < -0.3 is 10.5 Å². The van der Waals surface area contributed by atoms with E-state index < -0.39 is 4.92 Å². The lowest BCUT2D eigenvalue weighted by molar-refractivity contribution is -0.384. The summed E-state index contributed by atoms with van der Waals surface area (Å²) in [5, 5.41) is 20.2. The molecule has 0 aromatic heterocycles. The molecule has 0 atom stereocenters. The van der Waals surface area contributed by atoms with Gasteiger partial charge in [0.25, 0.3) is 5.69 Å². The van der Waals surface area contributed by atoms with Gasteiger partial charge in [0.15, 0.2) is 0 Å². The second-order valence-corrected chi connectivity index (χ2v) is 4.03. The Kier molecular flexibility index (Phi) is 3.53. The Hall–Kier alpha value is -3.07. The molecule has 6 nitrogen and oxygen atoms in total. The van der Waals surface area contributed by atoms with Crippen LogP contribution in [0.25, 0.3) is 11.1 Å². The van der Waals surface area contributed by atoms with E-state index in [9.17, 15) is 10.1 Å². The molecule has 0 bridgehead atoms. The topological polar surface area (TPSA) is 102 Å². The van der Waals surface area contributed by atoms with Crippen LogP contribution in [0.2, 0.25) is 0 Å². The van der Waals surface area contributed by atoms with Gasteiger partial charge >= 0.3 is 0 Å². The van der Waals surface area contributed by atoms with E-state index in [1.807, 2.05) is 6.07 Å². The zero-order valence-electron chi connectivity index (χ0n) is 10.7. The van der Waals surface area contributed by atoms with Crippen molar-refractivity contribution in [3.05, 3.63) is 52.1 Å². The molecule has 2 rings (SSSR count). The highest BCUT2D eigenvalue weighted by molar-refractivity contribution is 5.82. The number of nitro groups is 1. The summed E-state index contributed by atoms with van der Waals surface area (Å²) in [5.41, 5.74) is 6.58. The van der Waals surface area contributed by atoms with E-state index in [4.69, 9.17) is 15.7 Å². The Labute approximate surface area is 115 Å². The molecule has 6 heteroatoms. The minimum Gasteiger partial charge on any atom is -0.496 e. The summed E-state index contributed by atoms with van der Waals surface area (Å²) >= 11 is 0. The fourth-order valence-electron chi connectivity index (χ4n) is 1.94. The lowest BCUT2D eigenvalue weighted by atomic mass is 9.99. The van der Waals surface area contributed by atoms with E-state index in [1.54, 1.807) is 24.3 Å². The molecule has 0 aliphatic carbocycles. The molecule has 0 aliphatic rings. The normalized spacial score (nSPS) is 9.80. The maximum Gasteiger partial charge on any atom is 0.279 e. The summed E-state index contributed by atoms with van der Waals surface area (Å²) in [6.07, 6.45) is 0. The van der Waals surface area contributed by atoms with E-state index >= 15 is 0 Å². The zero-order valence-corrected chi connectivity index (χ0v) is 10.7. The Bertz CT molecular complexity index is 720. The van der Waals surface area contributed by atoms with Gasteiger partial charge in [0.1, 0.15) is 11.8 Å². The first-order chi connectivity index (χ1) is 9.58. The second kappa shape index (κ2) is 5.28. The van der Waals surface area contributed by atoms with Crippen molar-refractivity contribution in [1.82, 2.24) is 0 Å². The summed E-state index contributed by atoms with van der Waals surface area (Å²) in [5.74, 6) is 0.490. The number of para-hydroxylation sites is 1. The van der Waals surface area contributed by atoms with E-state index in [-0.39, 0.29) is 16.9 Å². The zero-order chi connectivity index (χ0) is 14.7. The number of nitriles is 1. The molecule has 2 N–H and O–H groups in total. The van der Waals surface area contributed by atoms with Crippen molar-refractivity contribution in [3.63, 3.8) is 0 Å². The third kappa shape index (κ3) is 2.24. The van der Waals surface area contributed by atoms with Gasteiger partial charge in [-0.2, -0.15) is 5.26 Å². The Balaban J connectivity index is 2.78. The van der Waals surface area contributed by atoms with Gasteiger partial charge in [0.2, 0.25) is 0 Å². The third-order valence-electron chi connectivity index (χ3n) is 2.88. The summed E-state index contributed by atoms with van der Waals surface area (Å²) < 4.78 is 5.20. The number of benzene rings is 2. The summed E-state index contributed by atoms with van der Waals surface area (Å²) in [6, 6.07) is 11.4. The number of methoxy groups -OCH3 is 1. The average Bonchev–Trinajstić information content (AvgIpc) is 2.46. The predicted octanol–water partition coefficient (Wildman–Crippen LogP) is 2.72. The molecule has 20 heavy (non-hydrogen) atoms. The molecule has 0 saturated heterocycles. The van der Waals surface area contributed by atoms with E-state index in [1.165, 1.54) is 19.2 Å². The fourth-order valence-corrected chi connectivity index (χ4v) is 1.94. The number of ether oxygens (including phenoxy) is 1. The highest BCUT2D eigenvalue weighted by atomic mass is 16.6. The van der Waals surface area contributed by atoms with Crippen LogP contribution >= 0.6 is 0 Å². The van der Waals surface area contributed by atoms with Crippen LogP contribution in [-0.4, -0.2) is 12.0 Å².